The van der Waals surface area contributed by atoms with E-state index in [-0.39, 0.29) is 23.9 Å². The average Bonchev–Trinajstić information content (AvgIpc) is 3.20. The highest BCUT2D eigenvalue weighted by Crippen LogP contribution is 2.28. The zero-order valence-corrected chi connectivity index (χ0v) is 18.9. The number of carbonyl (C=O) groups excluding carboxylic acids is 1. The molecule has 0 unspecified atom stereocenters. The van der Waals surface area contributed by atoms with Crippen LogP contribution in [0.5, 0.6) is 0 Å². The van der Waals surface area contributed by atoms with Crippen LogP contribution in [0, 0.1) is 5.82 Å². The number of nitrogens with one attached hydrogen (secondary N) is 1. The molecule has 2 fully saturated rings. The Morgan fingerprint density at radius 3 is 2.34 bits per heavy atom. The Labute approximate surface area is 188 Å². The van der Waals surface area contributed by atoms with Crippen molar-refractivity contribution in [3.8, 4) is 0 Å². The minimum Gasteiger partial charge on any atom is -0.370 e. The molecule has 0 aromatic heterocycles. The number of benzene rings is 2. The van der Waals surface area contributed by atoms with E-state index in [9.17, 15) is 17.6 Å². The largest absolute Gasteiger partial charge is 0.370 e. The van der Waals surface area contributed by atoms with Crippen molar-refractivity contribution in [1.82, 2.24) is 9.21 Å². The van der Waals surface area contributed by atoms with Gasteiger partial charge in [-0.05, 0) is 62.2 Å². The molecule has 0 radical (unpaired) electrons. The highest BCUT2D eigenvalue weighted by Gasteiger charge is 2.27. The minimum absolute atomic E-state index is 0.0867. The molecular formula is C23H29FN4O3S. The van der Waals surface area contributed by atoms with Crippen LogP contribution in [0.25, 0.3) is 0 Å². The second kappa shape index (κ2) is 9.97. The Morgan fingerprint density at radius 1 is 0.875 bits per heavy atom. The number of para-hydroxylation sites is 2. The maximum absolute atomic E-state index is 13.2. The lowest BCUT2D eigenvalue weighted by molar-refractivity contribution is -0.117. The lowest BCUT2D eigenvalue weighted by atomic mass is 10.2. The third kappa shape index (κ3) is 5.28. The van der Waals surface area contributed by atoms with Gasteiger partial charge in [0.25, 0.3) is 0 Å². The molecule has 0 saturated carbocycles. The van der Waals surface area contributed by atoms with Crippen LogP contribution >= 0.6 is 0 Å². The van der Waals surface area contributed by atoms with E-state index in [1.807, 2.05) is 29.2 Å². The van der Waals surface area contributed by atoms with Crippen LogP contribution in [0.1, 0.15) is 19.3 Å². The number of hydrogen-bond donors (Lipinski definition) is 1. The van der Waals surface area contributed by atoms with Crippen molar-refractivity contribution >= 4 is 27.3 Å². The summed E-state index contributed by atoms with van der Waals surface area (Å²) in [5.74, 6) is -0.574. The van der Waals surface area contributed by atoms with Crippen LogP contribution in [-0.2, 0) is 14.8 Å². The first-order chi connectivity index (χ1) is 15.4. The number of sulfonamides is 1. The first-order valence-corrected chi connectivity index (χ1v) is 12.5. The molecule has 2 aromatic carbocycles. The first kappa shape index (κ1) is 22.7. The lowest BCUT2D eigenvalue weighted by Crippen LogP contribution is -2.38. The van der Waals surface area contributed by atoms with Crippen LogP contribution < -0.4 is 10.2 Å². The molecule has 1 N–H and O–H groups in total. The number of anilines is 2. The van der Waals surface area contributed by atoms with E-state index in [0.717, 1.165) is 49.4 Å². The summed E-state index contributed by atoms with van der Waals surface area (Å²) in [6.45, 7) is 3.96. The van der Waals surface area contributed by atoms with Crippen molar-refractivity contribution < 1.29 is 17.6 Å². The Balaban J connectivity index is 1.35. The zero-order chi connectivity index (χ0) is 22.6. The Morgan fingerprint density at radius 2 is 1.59 bits per heavy atom. The van der Waals surface area contributed by atoms with Gasteiger partial charge >= 0.3 is 0 Å². The van der Waals surface area contributed by atoms with Crippen molar-refractivity contribution in [1.29, 1.82) is 0 Å². The van der Waals surface area contributed by atoms with Gasteiger partial charge in [-0.3, -0.25) is 9.69 Å². The Bertz CT molecular complexity index is 1040. The van der Waals surface area contributed by atoms with Gasteiger partial charge in [-0.25, -0.2) is 12.8 Å². The third-order valence-electron chi connectivity index (χ3n) is 5.99. The van der Waals surface area contributed by atoms with Crippen LogP contribution in [0.3, 0.4) is 0 Å². The van der Waals surface area contributed by atoms with Gasteiger partial charge in [-0.15, -0.1) is 0 Å². The monoisotopic (exact) mass is 460 g/mol. The molecule has 2 aliphatic heterocycles. The second-order valence-corrected chi connectivity index (χ2v) is 10.2. The van der Waals surface area contributed by atoms with Crippen LogP contribution in [0.4, 0.5) is 15.8 Å². The highest BCUT2D eigenvalue weighted by atomic mass is 32.2. The fourth-order valence-corrected chi connectivity index (χ4v) is 5.78. The van der Waals surface area contributed by atoms with Crippen LogP contribution in [-0.4, -0.2) is 69.3 Å². The summed E-state index contributed by atoms with van der Waals surface area (Å²) >= 11 is 0. The predicted molar refractivity (Wildman–Crippen MR) is 123 cm³/mol. The number of amides is 1. The van der Waals surface area contributed by atoms with Crippen molar-refractivity contribution in [3.63, 3.8) is 0 Å². The molecule has 7 nitrogen and oxygen atoms in total. The summed E-state index contributed by atoms with van der Waals surface area (Å²) in [6, 6.07) is 12.7. The van der Waals surface area contributed by atoms with E-state index < -0.39 is 15.8 Å². The van der Waals surface area contributed by atoms with Crippen molar-refractivity contribution in [2.75, 3.05) is 56.0 Å². The van der Waals surface area contributed by atoms with Gasteiger partial charge in [0.05, 0.1) is 22.8 Å². The molecule has 32 heavy (non-hydrogen) atoms. The standard InChI is InChI=1S/C23H29FN4O3S/c24-19-8-10-20(11-9-19)32(30,31)28-15-5-12-26(16-17-28)18-23(29)25-21-6-1-2-7-22(21)27-13-3-4-14-27/h1-2,6-11H,3-5,12-18H2,(H,25,29). The van der Waals surface area contributed by atoms with Crippen molar-refractivity contribution in [3.05, 3.63) is 54.3 Å². The first-order valence-electron chi connectivity index (χ1n) is 11.1. The van der Waals surface area contributed by atoms with E-state index in [0.29, 0.717) is 26.1 Å². The molecule has 0 atom stereocenters. The van der Waals surface area contributed by atoms with Gasteiger partial charge in [0.1, 0.15) is 5.82 Å². The molecule has 2 aliphatic rings. The summed E-state index contributed by atoms with van der Waals surface area (Å²) in [5.41, 5.74) is 1.86. The Kier molecular flexibility index (Phi) is 7.07. The van der Waals surface area contributed by atoms with Gasteiger partial charge in [0.2, 0.25) is 15.9 Å². The average molecular weight is 461 g/mol. The molecule has 9 heteroatoms. The zero-order valence-electron chi connectivity index (χ0n) is 18.0. The van der Waals surface area contributed by atoms with Gasteiger partial charge in [0, 0.05) is 32.7 Å². The van der Waals surface area contributed by atoms with E-state index in [1.54, 1.807) is 0 Å². The van der Waals surface area contributed by atoms with Crippen molar-refractivity contribution in [2.45, 2.75) is 24.2 Å². The summed E-state index contributed by atoms with van der Waals surface area (Å²) in [4.78, 5) is 17.1. The molecule has 2 saturated heterocycles. The molecule has 2 aromatic rings. The number of hydrogen-bond acceptors (Lipinski definition) is 5. The molecule has 4 rings (SSSR count). The van der Waals surface area contributed by atoms with Gasteiger partial charge < -0.3 is 10.2 Å². The van der Waals surface area contributed by atoms with E-state index in [2.05, 4.69) is 10.2 Å². The van der Waals surface area contributed by atoms with Gasteiger partial charge in [0.15, 0.2) is 0 Å². The van der Waals surface area contributed by atoms with E-state index in [4.69, 9.17) is 0 Å². The quantitative estimate of drug-likeness (QED) is 0.718. The van der Waals surface area contributed by atoms with E-state index in [1.165, 1.54) is 16.4 Å². The maximum Gasteiger partial charge on any atom is 0.243 e. The van der Waals surface area contributed by atoms with Crippen LogP contribution in [0.2, 0.25) is 0 Å². The summed E-state index contributed by atoms with van der Waals surface area (Å²) in [7, 11) is -3.68. The molecule has 172 valence electrons. The highest BCUT2D eigenvalue weighted by molar-refractivity contribution is 7.89. The molecule has 0 spiro atoms. The molecule has 2 heterocycles. The second-order valence-electron chi connectivity index (χ2n) is 8.25. The normalized spacial score (nSPS) is 18.5. The third-order valence-corrected chi connectivity index (χ3v) is 7.90. The fourth-order valence-electron chi connectivity index (χ4n) is 4.31. The summed E-state index contributed by atoms with van der Waals surface area (Å²) in [6.07, 6.45) is 2.94. The molecule has 0 aliphatic carbocycles. The smallest absolute Gasteiger partial charge is 0.243 e. The Hall–Kier alpha value is -2.49. The summed E-state index contributed by atoms with van der Waals surface area (Å²) < 4.78 is 40.4. The number of nitrogens with zero attached hydrogens (tertiary/aromatic N) is 3. The molecule has 0 bridgehead atoms. The topological polar surface area (TPSA) is 73.0 Å². The van der Waals surface area contributed by atoms with E-state index >= 15 is 0 Å². The fraction of sp³-hybridized carbons (Fsp3) is 0.435. The van der Waals surface area contributed by atoms with Gasteiger partial charge in [-0.1, -0.05) is 12.1 Å². The predicted octanol–water partition coefficient (Wildman–Crippen LogP) is 2.76. The van der Waals surface area contributed by atoms with Gasteiger partial charge in [-0.2, -0.15) is 4.31 Å². The van der Waals surface area contributed by atoms with Crippen LogP contribution in [0.15, 0.2) is 53.4 Å². The minimum atomic E-state index is -3.68. The SMILES string of the molecule is O=C(CN1CCCN(S(=O)(=O)c2ccc(F)cc2)CC1)Nc1ccccc1N1CCCC1. The summed E-state index contributed by atoms with van der Waals surface area (Å²) in [5, 5.41) is 3.04. The van der Waals surface area contributed by atoms with Crippen molar-refractivity contribution in [2.24, 2.45) is 0 Å². The molecule has 1 amide bonds. The maximum atomic E-state index is 13.2. The number of halogens is 1. The lowest BCUT2D eigenvalue weighted by Gasteiger charge is -2.23. The number of carbonyl (C=O) groups is 1. The molecular weight excluding hydrogens is 431 g/mol. The number of rotatable bonds is 6.